The van der Waals surface area contributed by atoms with Crippen LogP contribution in [0.4, 0.5) is 14.9 Å². The first kappa shape index (κ1) is 24.2. The van der Waals surface area contributed by atoms with Gasteiger partial charge < -0.3 is 15.4 Å². The lowest BCUT2D eigenvalue weighted by molar-refractivity contribution is -0.126. The molecule has 1 saturated heterocycles. The van der Waals surface area contributed by atoms with Crippen molar-refractivity contribution in [3.05, 3.63) is 100 Å². The lowest BCUT2D eigenvalue weighted by atomic mass is 10.00. The molecule has 7 nitrogen and oxygen atoms in total. The average Bonchev–Trinajstić information content (AvgIpc) is 3.16. The zero-order valence-corrected chi connectivity index (χ0v) is 19.6. The van der Waals surface area contributed by atoms with Crippen molar-refractivity contribution in [2.24, 2.45) is 0 Å². The highest BCUT2D eigenvalue weighted by atomic mass is 35.5. The summed E-state index contributed by atoms with van der Waals surface area (Å²) < 4.78 is 18.8. The molecule has 180 valence electrons. The summed E-state index contributed by atoms with van der Waals surface area (Å²) in [5.74, 6) is -1.22. The molecule has 1 aliphatic rings. The van der Waals surface area contributed by atoms with Crippen molar-refractivity contribution in [3.8, 4) is 0 Å². The number of amides is 3. The number of halogens is 2. The van der Waals surface area contributed by atoms with Gasteiger partial charge in [-0.25, -0.2) is 9.18 Å². The summed E-state index contributed by atoms with van der Waals surface area (Å²) in [4.78, 5) is 39.8. The standard InChI is InChI=1S/C26H23ClFN3O4/c1-2-29-25(33)22-23(35-26(34)31(22)15-16-5-3-7-19(27)13-16)18-6-4-8-21(14-18)30-24(32)17-9-11-20(28)12-10-17/h3-14,22-23H,2,15H2,1H3,(H,29,33)(H,30,32)/t22-,23-/m0/s1. The van der Waals surface area contributed by atoms with E-state index in [1.165, 1.54) is 29.2 Å². The summed E-state index contributed by atoms with van der Waals surface area (Å²) in [7, 11) is 0. The molecule has 0 radical (unpaired) electrons. The predicted molar refractivity (Wildman–Crippen MR) is 129 cm³/mol. The van der Waals surface area contributed by atoms with Crippen LogP contribution in [-0.2, 0) is 16.1 Å². The fourth-order valence-corrected chi connectivity index (χ4v) is 4.13. The van der Waals surface area contributed by atoms with Gasteiger partial charge >= 0.3 is 6.09 Å². The molecule has 0 saturated carbocycles. The third-order valence-corrected chi connectivity index (χ3v) is 5.76. The molecule has 3 amide bonds. The van der Waals surface area contributed by atoms with E-state index in [0.717, 1.165) is 5.56 Å². The van der Waals surface area contributed by atoms with Gasteiger partial charge in [0.05, 0.1) is 6.54 Å². The molecule has 9 heteroatoms. The highest BCUT2D eigenvalue weighted by molar-refractivity contribution is 6.30. The number of carbonyl (C=O) groups is 3. The van der Waals surface area contributed by atoms with E-state index in [9.17, 15) is 18.8 Å². The number of cyclic esters (lactones) is 1. The van der Waals surface area contributed by atoms with E-state index in [2.05, 4.69) is 10.6 Å². The molecule has 3 aromatic carbocycles. The summed E-state index contributed by atoms with van der Waals surface area (Å²) in [6, 6.07) is 18.0. The van der Waals surface area contributed by atoms with Crippen LogP contribution in [0.15, 0.2) is 72.8 Å². The largest absolute Gasteiger partial charge is 0.438 e. The van der Waals surface area contributed by atoms with Crippen molar-refractivity contribution >= 4 is 35.2 Å². The maximum Gasteiger partial charge on any atom is 0.411 e. The summed E-state index contributed by atoms with van der Waals surface area (Å²) in [6.45, 7) is 2.31. The Labute approximate surface area is 206 Å². The van der Waals surface area contributed by atoms with Crippen molar-refractivity contribution in [2.75, 3.05) is 11.9 Å². The molecule has 0 bridgehead atoms. The first-order valence-electron chi connectivity index (χ1n) is 11.0. The van der Waals surface area contributed by atoms with Crippen LogP contribution >= 0.6 is 11.6 Å². The summed E-state index contributed by atoms with van der Waals surface area (Å²) >= 11 is 6.08. The third-order valence-electron chi connectivity index (χ3n) is 5.53. The van der Waals surface area contributed by atoms with Gasteiger partial charge in [-0.1, -0.05) is 35.9 Å². The van der Waals surface area contributed by atoms with E-state index in [0.29, 0.717) is 22.8 Å². The van der Waals surface area contributed by atoms with Gasteiger partial charge in [0.25, 0.3) is 5.91 Å². The van der Waals surface area contributed by atoms with E-state index in [4.69, 9.17) is 16.3 Å². The minimum Gasteiger partial charge on any atom is -0.438 e. The molecule has 2 atom stereocenters. The summed E-state index contributed by atoms with van der Waals surface area (Å²) in [5.41, 5.74) is 2.03. The second-order valence-electron chi connectivity index (χ2n) is 7.99. The highest BCUT2D eigenvalue weighted by Crippen LogP contribution is 2.35. The zero-order valence-electron chi connectivity index (χ0n) is 18.8. The van der Waals surface area contributed by atoms with Gasteiger partial charge in [0, 0.05) is 22.8 Å². The number of anilines is 1. The van der Waals surface area contributed by atoms with E-state index in [-0.39, 0.29) is 18.0 Å². The fraction of sp³-hybridized carbons (Fsp3) is 0.192. The number of rotatable bonds is 7. The van der Waals surface area contributed by atoms with Gasteiger partial charge in [-0.3, -0.25) is 14.5 Å². The number of hydrogen-bond donors (Lipinski definition) is 2. The Hall–Kier alpha value is -3.91. The van der Waals surface area contributed by atoms with E-state index < -0.39 is 30.0 Å². The van der Waals surface area contributed by atoms with Gasteiger partial charge in [-0.05, 0) is 66.6 Å². The molecular weight excluding hydrogens is 473 g/mol. The topological polar surface area (TPSA) is 87.7 Å². The molecule has 2 N–H and O–H groups in total. The Bertz CT molecular complexity index is 1250. The van der Waals surface area contributed by atoms with Crippen LogP contribution in [0.2, 0.25) is 5.02 Å². The lowest BCUT2D eigenvalue weighted by Crippen LogP contribution is -2.46. The van der Waals surface area contributed by atoms with Crippen LogP contribution in [0.1, 0.15) is 34.5 Å². The predicted octanol–water partition coefficient (Wildman–Crippen LogP) is 4.93. The van der Waals surface area contributed by atoms with E-state index in [1.807, 2.05) is 6.07 Å². The van der Waals surface area contributed by atoms with Gasteiger partial charge in [0.1, 0.15) is 5.82 Å². The van der Waals surface area contributed by atoms with Crippen LogP contribution in [0.3, 0.4) is 0 Å². The maximum atomic E-state index is 13.2. The molecule has 4 rings (SSSR count). The number of ether oxygens (including phenoxy) is 1. The normalized spacial score (nSPS) is 17.1. The van der Waals surface area contributed by atoms with Crippen molar-refractivity contribution in [3.63, 3.8) is 0 Å². The number of carbonyl (C=O) groups excluding carboxylic acids is 3. The van der Waals surface area contributed by atoms with Crippen LogP contribution in [0.5, 0.6) is 0 Å². The Kier molecular flexibility index (Phi) is 7.31. The fourth-order valence-electron chi connectivity index (χ4n) is 3.92. The van der Waals surface area contributed by atoms with Crippen LogP contribution in [-0.4, -0.2) is 35.4 Å². The molecule has 35 heavy (non-hydrogen) atoms. The molecule has 1 aliphatic heterocycles. The molecule has 0 spiro atoms. The summed E-state index contributed by atoms with van der Waals surface area (Å²) in [5, 5.41) is 6.04. The third kappa shape index (κ3) is 5.60. The van der Waals surface area contributed by atoms with Crippen molar-refractivity contribution in [2.45, 2.75) is 25.6 Å². The smallest absolute Gasteiger partial charge is 0.411 e. The van der Waals surface area contributed by atoms with E-state index in [1.54, 1.807) is 49.4 Å². The maximum absolute atomic E-state index is 13.2. The lowest BCUT2D eigenvalue weighted by Gasteiger charge is -2.24. The Morgan fingerprint density at radius 1 is 1.06 bits per heavy atom. The number of likely N-dealkylation sites (N-methyl/N-ethyl adjacent to an activating group) is 1. The van der Waals surface area contributed by atoms with Gasteiger partial charge in [0.15, 0.2) is 12.1 Å². The quantitative estimate of drug-likeness (QED) is 0.486. The first-order chi connectivity index (χ1) is 16.9. The Morgan fingerprint density at radius 3 is 2.51 bits per heavy atom. The molecule has 0 unspecified atom stereocenters. The second kappa shape index (κ2) is 10.6. The highest BCUT2D eigenvalue weighted by Gasteiger charge is 2.46. The first-order valence-corrected chi connectivity index (χ1v) is 11.4. The minimum atomic E-state index is -0.926. The number of nitrogens with one attached hydrogen (secondary N) is 2. The van der Waals surface area contributed by atoms with Gasteiger partial charge in [0.2, 0.25) is 5.91 Å². The number of hydrogen-bond acceptors (Lipinski definition) is 4. The van der Waals surface area contributed by atoms with Crippen molar-refractivity contribution in [1.82, 2.24) is 10.2 Å². The van der Waals surface area contributed by atoms with Gasteiger partial charge in [-0.2, -0.15) is 0 Å². The van der Waals surface area contributed by atoms with Crippen LogP contribution < -0.4 is 10.6 Å². The van der Waals surface area contributed by atoms with E-state index >= 15 is 0 Å². The monoisotopic (exact) mass is 495 g/mol. The molecule has 1 heterocycles. The molecular formula is C26H23ClFN3O4. The SMILES string of the molecule is CCNC(=O)[C@@H]1[C@H](c2cccc(NC(=O)c3ccc(F)cc3)c2)OC(=O)N1Cc1cccc(Cl)c1. The second-order valence-corrected chi connectivity index (χ2v) is 8.42. The Balaban J connectivity index is 1.59. The zero-order chi connectivity index (χ0) is 24.9. The van der Waals surface area contributed by atoms with Crippen LogP contribution in [0, 0.1) is 5.82 Å². The molecule has 3 aromatic rings. The van der Waals surface area contributed by atoms with Crippen molar-refractivity contribution in [1.29, 1.82) is 0 Å². The number of benzene rings is 3. The minimum absolute atomic E-state index is 0.138. The van der Waals surface area contributed by atoms with Crippen LogP contribution in [0.25, 0.3) is 0 Å². The van der Waals surface area contributed by atoms with Gasteiger partial charge in [-0.15, -0.1) is 0 Å². The number of nitrogens with zero attached hydrogens (tertiary/aromatic N) is 1. The molecule has 0 aromatic heterocycles. The molecule has 1 fully saturated rings. The average molecular weight is 496 g/mol. The Morgan fingerprint density at radius 2 is 1.80 bits per heavy atom. The molecule has 0 aliphatic carbocycles. The summed E-state index contributed by atoms with van der Waals surface area (Å²) in [6.07, 6.45) is -1.53. The van der Waals surface area contributed by atoms with Crippen molar-refractivity contribution < 1.29 is 23.5 Å².